The number of hydrogen-bond acceptors (Lipinski definition) is 2. The van der Waals surface area contributed by atoms with Gasteiger partial charge < -0.3 is 10.3 Å². The molecule has 2 heterocycles. The number of H-pyrrole nitrogens is 1. The minimum atomic E-state index is 0.0555. The third-order valence-electron chi connectivity index (χ3n) is 4.46. The summed E-state index contributed by atoms with van der Waals surface area (Å²) in [4.78, 5) is 15.0. The average molecular weight is 257 g/mol. The summed E-state index contributed by atoms with van der Waals surface area (Å²) in [6.45, 7) is 2.20. The number of aromatic amines is 1. The van der Waals surface area contributed by atoms with Gasteiger partial charge in [-0.1, -0.05) is 6.07 Å². The van der Waals surface area contributed by atoms with Gasteiger partial charge in [0.05, 0.1) is 11.0 Å². The molecule has 4 nitrogen and oxygen atoms in total. The van der Waals surface area contributed by atoms with Crippen LogP contribution in [-0.2, 0) is 0 Å². The van der Waals surface area contributed by atoms with Crippen LogP contribution in [-0.4, -0.2) is 22.6 Å². The summed E-state index contributed by atoms with van der Waals surface area (Å²) in [7, 11) is 0. The number of hydrogen-bond donors (Lipinski definition) is 2. The first kappa shape index (κ1) is 11.3. The highest BCUT2D eigenvalue weighted by Crippen LogP contribution is 2.36. The Morgan fingerprint density at radius 1 is 1.11 bits per heavy atom. The highest BCUT2D eigenvalue weighted by Gasteiger charge is 2.27. The van der Waals surface area contributed by atoms with E-state index in [2.05, 4.69) is 28.5 Å². The molecule has 0 radical (unpaired) electrons. The number of nitrogens with one attached hydrogen (secondary N) is 2. The van der Waals surface area contributed by atoms with Gasteiger partial charge in [0.15, 0.2) is 0 Å². The van der Waals surface area contributed by atoms with Crippen LogP contribution in [0.5, 0.6) is 0 Å². The first-order chi connectivity index (χ1) is 9.33. The van der Waals surface area contributed by atoms with Crippen molar-refractivity contribution in [3.63, 3.8) is 0 Å². The first-order valence-electron chi connectivity index (χ1n) is 7.28. The number of rotatable bonds is 2. The maximum atomic E-state index is 12.0. The van der Waals surface area contributed by atoms with Crippen LogP contribution in [0, 0.1) is 0 Å². The zero-order valence-electron chi connectivity index (χ0n) is 11.0. The molecule has 1 saturated heterocycles. The Kier molecular flexibility index (Phi) is 2.52. The van der Waals surface area contributed by atoms with Crippen molar-refractivity contribution in [2.75, 3.05) is 13.1 Å². The highest BCUT2D eigenvalue weighted by molar-refractivity contribution is 5.76. The minimum absolute atomic E-state index is 0.0555. The fourth-order valence-electron chi connectivity index (χ4n) is 3.25. The van der Waals surface area contributed by atoms with Crippen LogP contribution in [0.2, 0.25) is 0 Å². The van der Waals surface area contributed by atoms with Crippen LogP contribution in [0.3, 0.4) is 0 Å². The van der Waals surface area contributed by atoms with Crippen LogP contribution in [0.4, 0.5) is 0 Å². The summed E-state index contributed by atoms with van der Waals surface area (Å²) in [6, 6.07) is 6.96. The van der Waals surface area contributed by atoms with Gasteiger partial charge in [-0.3, -0.25) is 4.57 Å². The molecule has 0 spiro atoms. The van der Waals surface area contributed by atoms with Gasteiger partial charge in [-0.2, -0.15) is 0 Å². The monoisotopic (exact) mass is 257 g/mol. The van der Waals surface area contributed by atoms with Crippen molar-refractivity contribution in [3.05, 3.63) is 34.2 Å². The summed E-state index contributed by atoms with van der Waals surface area (Å²) < 4.78 is 1.93. The van der Waals surface area contributed by atoms with E-state index in [0.29, 0.717) is 12.0 Å². The molecule has 0 bridgehead atoms. The molecule has 1 aliphatic carbocycles. The van der Waals surface area contributed by atoms with Gasteiger partial charge in [-0.05, 0) is 62.4 Å². The molecule has 100 valence electrons. The molecular formula is C15H19N3O. The van der Waals surface area contributed by atoms with Gasteiger partial charge in [-0.25, -0.2) is 4.79 Å². The van der Waals surface area contributed by atoms with Crippen molar-refractivity contribution >= 4 is 11.0 Å². The molecule has 2 N–H and O–H groups in total. The predicted molar refractivity (Wildman–Crippen MR) is 75.7 cm³/mol. The third kappa shape index (κ3) is 1.91. The van der Waals surface area contributed by atoms with Gasteiger partial charge >= 0.3 is 5.69 Å². The standard InChI is InChI=1S/C15H19N3O/c19-15-17-13-9-11(10-5-7-16-8-6-10)1-4-14(13)18(15)12-2-3-12/h1,4,9-10,12,16H,2-3,5-8H2,(H,17,19). The Morgan fingerprint density at radius 3 is 2.63 bits per heavy atom. The van der Waals surface area contributed by atoms with Crippen LogP contribution in [0.1, 0.15) is 43.2 Å². The topological polar surface area (TPSA) is 49.8 Å². The van der Waals surface area contributed by atoms with Crippen LogP contribution >= 0.6 is 0 Å². The van der Waals surface area contributed by atoms with Crippen molar-refractivity contribution in [2.24, 2.45) is 0 Å². The molecule has 2 aliphatic rings. The third-order valence-corrected chi connectivity index (χ3v) is 4.46. The van der Waals surface area contributed by atoms with Crippen molar-refractivity contribution in [2.45, 2.75) is 37.6 Å². The normalized spacial score (nSPS) is 21.1. The Hall–Kier alpha value is -1.55. The molecule has 2 aromatic rings. The average Bonchev–Trinajstić information content (AvgIpc) is 3.21. The number of aromatic nitrogens is 2. The molecular weight excluding hydrogens is 238 g/mol. The summed E-state index contributed by atoms with van der Waals surface area (Å²) >= 11 is 0. The lowest BCUT2D eigenvalue weighted by Gasteiger charge is -2.22. The second-order valence-corrected chi connectivity index (χ2v) is 5.83. The van der Waals surface area contributed by atoms with Crippen molar-refractivity contribution in [1.29, 1.82) is 0 Å². The molecule has 1 aromatic carbocycles. The summed E-state index contributed by atoms with van der Waals surface area (Å²) in [5.41, 5.74) is 3.51. The maximum absolute atomic E-state index is 12.0. The van der Waals surface area contributed by atoms with E-state index in [1.54, 1.807) is 0 Å². The molecule has 0 amide bonds. The number of fused-ring (bicyclic) bond motifs is 1. The number of imidazole rings is 1. The van der Waals surface area contributed by atoms with Gasteiger partial charge in [-0.15, -0.1) is 0 Å². The molecule has 2 fully saturated rings. The zero-order valence-corrected chi connectivity index (χ0v) is 11.0. The zero-order chi connectivity index (χ0) is 12.8. The second kappa shape index (κ2) is 4.23. The lowest BCUT2D eigenvalue weighted by molar-refractivity contribution is 0.460. The van der Waals surface area contributed by atoms with E-state index in [0.717, 1.165) is 37.0 Å². The smallest absolute Gasteiger partial charge is 0.317 e. The van der Waals surface area contributed by atoms with Gasteiger partial charge in [0, 0.05) is 6.04 Å². The summed E-state index contributed by atoms with van der Waals surface area (Å²) in [5.74, 6) is 0.637. The van der Waals surface area contributed by atoms with Gasteiger partial charge in [0.25, 0.3) is 0 Å². The Balaban J connectivity index is 1.77. The van der Waals surface area contributed by atoms with Crippen molar-refractivity contribution in [1.82, 2.24) is 14.9 Å². The second-order valence-electron chi connectivity index (χ2n) is 5.83. The van der Waals surface area contributed by atoms with Gasteiger partial charge in [0.2, 0.25) is 0 Å². The lowest BCUT2D eigenvalue weighted by atomic mass is 9.90. The van der Waals surface area contributed by atoms with E-state index in [4.69, 9.17) is 0 Å². The molecule has 4 rings (SSSR count). The lowest BCUT2D eigenvalue weighted by Crippen LogP contribution is -2.26. The SMILES string of the molecule is O=c1[nH]c2cc(C3CCNCC3)ccc2n1C1CC1. The summed E-state index contributed by atoms with van der Waals surface area (Å²) in [6.07, 6.45) is 4.67. The summed E-state index contributed by atoms with van der Waals surface area (Å²) in [5, 5.41) is 3.40. The van der Waals surface area contributed by atoms with Crippen LogP contribution < -0.4 is 11.0 Å². The van der Waals surface area contributed by atoms with Crippen LogP contribution in [0.25, 0.3) is 11.0 Å². The fraction of sp³-hybridized carbons (Fsp3) is 0.533. The largest absolute Gasteiger partial charge is 0.326 e. The molecule has 1 aromatic heterocycles. The van der Waals surface area contributed by atoms with E-state index in [1.807, 2.05) is 4.57 Å². The van der Waals surface area contributed by atoms with Crippen LogP contribution in [0.15, 0.2) is 23.0 Å². The molecule has 0 unspecified atom stereocenters. The minimum Gasteiger partial charge on any atom is -0.317 e. The molecule has 0 atom stereocenters. The van der Waals surface area contributed by atoms with Crippen molar-refractivity contribution < 1.29 is 0 Å². The van der Waals surface area contributed by atoms with E-state index in [9.17, 15) is 4.79 Å². The number of piperidine rings is 1. The molecule has 1 saturated carbocycles. The molecule has 4 heteroatoms. The number of benzene rings is 1. The first-order valence-corrected chi connectivity index (χ1v) is 7.28. The Morgan fingerprint density at radius 2 is 1.89 bits per heavy atom. The van der Waals surface area contributed by atoms with E-state index >= 15 is 0 Å². The molecule has 19 heavy (non-hydrogen) atoms. The predicted octanol–water partition coefficient (Wildman–Crippen LogP) is 2.13. The van der Waals surface area contributed by atoms with E-state index < -0.39 is 0 Å². The van der Waals surface area contributed by atoms with E-state index in [1.165, 1.54) is 18.4 Å². The Bertz CT molecular complexity index is 660. The Labute approximate surface area is 111 Å². The fourth-order valence-corrected chi connectivity index (χ4v) is 3.25. The van der Waals surface area contributed by atoms with Crippen molar-refractivity contribution in [3.8, 4) is 0 Å². The molecule has 1 aliphatic heterocycles. The van der Waals surface area contributed by atoms with Gasteiger partial charge in [0.1, 0.15) is 0 Å². The van der Waals surface area contributed by atoms with E-state index in [-0.39, 0.29) is 5.69 Å². The maximum Gasteiger partial charge on any atom is 0.326 e. The highest BCUT2D eigenvalue weighted by atomic mass is 16.1. The quantitative estimate of drug-likeness (QED) is 0.866. The number of nitrogens with zero attached hydrogens (tertiary/aromatic N) is 1.